The minimum absolute atomic E-state index is 0.329. The van der Waals surface area contributed by atoms with Crippen LogP contribution < -0.4 is 5.32 Å². The summed E-state index contributed by atoms with van der Waals surface area (Å²) in [7, 11) is 0. The van der Waals surface area contributed by atoms with Gasteiger partial charge >= 0.3 is 5.97 Å². The molecule has 1 N–H and O–H groups in total. The van der Waals surface area contributed by atoms with Crippen LogP contribution >= 0.6 is 0 Å². The summed E-state index contributed by atoms with van der Waals surface area (Å²) in [6, 6.07) is 14.4. The first kappa shape index (κ1) is 16.6. The molecule has 0 unspecified atom stereocenters. The molecular formula is C19H17N3O3. The summed E-state index contributed by atoms with van der Waals surface area (Å²) in [6.45, 7) is 1.92. The molecule has 0 aliphatic rings. The summed E-state index contributed by atoms with van der Waals surface area (Å²) in [6.07, 6.45) is 2.24. The van der Waals surface area contributed by atoms with Crippen LogP contribution in [0.1, 0.15) is 22.8 Å². The zero-order chi connectivity index (χ0) is 17.6. The Labute approximate surface area is 144 Å². The summed E-state index contributed by atoms with van der Waals surface area (Å²) in [5.41, 5.74) is 2.59. The molecule has 2 aromatic carbocycles. The van der Waals surface area contributed by atoms with Crippen molar-refractivity contribution < 1.29 is 14.3 Å². The highest BCUT2D eigenvalue weighted by molar-refractivity contribution is 5.95. The number of ether oxygens (including phenoxy) is 1. The number of rotatable bonds is 5. The predicted molar refractivity (Wildman–Crippen MR) is 92.7 cm³/mol. The Morgan fingerprint density at radius 2 is 1.76 bits per heavy atom. The van der Waals surface area contributed by atoms with Gasteiger partial charge in [-0.25, -0.2) is 4.79 Å². The molecule has 1 heterocycles. The second kappa shape index (κ2) is 7.53. The fourth-order valence-corrected chi connectivity index (χ4v) is 2.30. The van der Waals surface area contributed by atoms with Gasteiger partial charge in [-0.15, -0.1) is 0 Å². The topological polar surface area (TPSA) is 81.2 Å². The molecule has 0 radical (unpaired) electrons. The first-order valence-corrected chi connectivity index (χ1v) is 7.87. The average molecular weight is 335 g/mol. The number of carbonyl (C=O) groups excluding carboxylic acids is 2. The lowest BCUT2D eigenvalue weighted by atomic mass is 10.2. The number of aromatic nitrogens is 2. The Morgan fingerprint density at radius 1 is 1.04 bits per heavy atom. The van der Waals surface area contributed by atoms with Gasteiger partial charge in [-0.3, -0.25) is 14.8 Å². The fourth-order valence-electron chi connectivity index (χ4n) is 2.30. The number of nitrogens with one attached hydrogen (secondary N) is 1. The van der Waals surface area contributed by atoms with Crippen molar-refractivity contribution in [2.75, 3.05) is 0 Å². The van der Waals surface area contributed by atoms with Crippen molar-refractivity contribution in [3.63, 3.8) is 0 Å². The SMILES string of the molecule is C[C@H](OC(=O)c1ccc2nccnc2c1)C(=O)NCc1ccccc1. The van der Waals surface area contributed by atoms with E-state index in [1.807, 2.05) is 30.3 Å². The number of hydrogen-bond acceptors (Lipinski definition) is 5. The fraction of sp³-hybridized carbons (Fsp3) is 0.158. The van der Waals surface area contributed by atoms with E-state index >= 15 is 0 Å². The number of amides is 1. The van der Waals surface area contributed by atoms with Crippen LogP contribution in [0.3, 0.4) is 0 Å². The van der Waals surface area contributed by atoms with Crippen LogP contribution in [0.4, 0.5) is 0 Å². The van der Waals surface area contributed by atoms with Crippen LogP contribution in [0.2, 0.25) is 0 Å². The lowest BCUT2D eigenvalue weighted by Crippen LogP contribution is -2.35. The van der Waals surface area contributed by atoms with E-state index < -0.39 is 12.1 Å². The highest BCUT2D eigenvalue weighted by Gasteiger charge is 2.19. The highest BCUT2D eigenvalue weighted by Crippen LogP contribution is 2.12. The molecule has 1 atom stereocenters. The van der Waals surface area contributed by atoms with Crippen molar-refractivity contribution in [3.8, 4) is 0 Å². The Kier molecular flexibility index (Phi) is 4.99. The number of nitrogens with zero attached hydrogens (tertiary/aromatic N) is 2. The van der Waals surface area contributed by atoms with Crippen LogP contribution in [0.5, 0.6) is 0 Å². The van der Waals surface area contributed by atoms with Gasteiger partial charge < -0.3 is 10.1 Å². The minimum Gasteiger partial charge on any atom is -0.449 e. The van der Waals surface area contributed by atoms with Crippen molar-refractivity contribution in [3.05, 3.63) is 72.1 Å². The van der Waals surface area contributed by atoms with Gasteiger partial charge in [0.15, 0.2) is 6.10 Å². The van der Waals surface area contributed by atoms with E-state index in [4.69, 9.17) is 4.74 Å². The molecule has 0 aliphatic carbocycles. The molecule has 0 fully saturated rings. The van der Waals surface area contributed by atoms with Gasteiger partial charge in [-0.05, 0) is 30.7 Å². The lowest BCUT2D eigenvalue weighted by Gasteiger charge is -2.13. The van der Waals surface area contributed by atoms with Gasteiger partial charge in [-0.1, -0.05) is 30.3 Å². The molecule has 126 valence electrons. The monoisotopic (exact) mass is 335 g/mol. The number of benzene rings is 2. The van der Waals surface area contributed by atoms with E-state index in [0.717, 1.165) is 5.56 Å². The molecule has 6 nitrogen and oxygen atoms in total. The van der Waals surface area contributed by atoms with Crippen LogP contribution in [-0.4, -0.2) is 27.9 Å². The third-order valence-corrected chi connectivity index (χ3v) is 3.67. The van der Waals surface area contributed by atoms with E-state index in [1.165, 1.54) is 0 Å². The van der Waals surface area contributed by atoms with E-state index in [-0.39, 0.29) is 5.91 Å². The summed E-state index contributed by atoms with van der Waals surface area (Å²) in [5.74, 6) is -0.923. The highest BCUT2D eigenvalue weighted by atomic mass is 16.5. The van der Waals surface area contributed by atoms with Gasteiger partial charge in [0, 0.05) is 18.9 Å². The molecule has 25 heavy (non-hydrogen) atoms. The maximum atomic E-state index is 12.2. The van der Waals surface area contributed by atoms with E-state index in [9.17, 15) is 9.59 Å². The zero-order valence-corrected chi connectivity index (χ0v) is 13.7. The van der Waals surface area contributed by atoms with Crippen LogP contribution in [0.25, 0.3) is 11.0 Å². The first-order chi connectivity index (χ1) is 12.1. The molecule has 0 spiro atoms. The average Bonchev–Trinajstić information content (AvgIpc) is 2.66. The minimum atomic E-state index is -0.895. The normalized spacial score (nSPS) is 11.7. The van der Waals surface area contributed by atoms with E-state index in [1.54, 1.807) is 37.5 Å². The van der Waals surface area contributed by atoms with Crippen molar-refractivity contribution in [2.24, 2.45) is 0 Å². The van der Waals surface area contributed by atoms with Crippen molar-refractivity contribution in [1.29, 1.82) is 0 Å². The second-order valence-corrected chi connectivity index (χ2v) is 5.51. The third kappa shape index (κ3) is 4.17. The van der Waals surface area contributed by atoms with Crippen LogP contribution in [0.15, 0.2) is 60.9 Å². The van der Waals surface area contributed by atoms with Crippen LogP contribution in [-0.2, 0) is 16.1 Å². The molecule has 3 aromatic rings. The maximum absolute atomic E-state index is 12.2. The standard InChI is InChI=1S/C19H17N3O3/c1-13(18(23)22-12-14-5-3-2-4-6-14)25-19(24)15-7-8-16-17(11-15)21-10-9-20-16/h2-11,13H,12H2,1H3,(H,22,23)/t13-/m0/s1. The summed E-state index contributed by atoms with van der Waals surface area (Å²) in [5, 5.41) is 2.75. The van der Waals surface area contributed by atoms with Crippen molar-refractivity contribution in [1.82, 2.24) is 15.3 Å². The number of fused-ring (bicyclic) bond motifs is 1. The Hall–Kier alpha value is -3.28. The van der Waals surface area contributed by atoms with E-state index in [2.05, 4.69) is 15.3 Å². The largest absolute Gasteiger partial charge is 0.449 e. The van der Waals surface area contributed by atoms with E-state index in [0.29, 0.717) is 23.1 Å². The molecule has 3 rings (SSSR count). The van der Waals surface area contributed by atoms with Gasteiger partial charge in [0.05, 0.1) is 16.6 Å². The smallest absolute Gasteiger partial charge is 0.338 e. The maximum Gasteiger partial charge on any atom is 0.338 e. The van der Waals surface area contributed by atoms with Gasteiger partial charge in [0.25, 0.3) is 5.91 Å². The van der Waals surface area contributed by atoms with Gasteiger partial charge in [0.1, 0.15) is 0 Å². The summed E-state index contributed by atoms with van der Waals surface area (Å²) >= 11 is 0. The molecule has 0 saturated carbocycles. The van der Waals surface area contributed by atoms with Gasteiger partial charge in [0.2, 0.25) is 0 Å². The van der Waals surface area contributed by atoms with Crippen molar-refractivity contribution >= 4 is 22.9 Å². The number of carbonyl (C=O) groups is 2. The third-order valence-electron chi connectivity index (χ3n) is 3.67. The second-order valence-electron chi connectivity index (χ2n) is 5.51. The molecule has 0 bridgehead atoms. The predicted octanol–water partition coefficient (Wildman–Crippen LogP) is 2.49. The zero-order valence-electron chi connectivity index (χ0n) is 13.7. The Morgan fingerprint density at radius 3 is 2.52 bits per heavy atom. The Balaban J connectivity index is 1.59. The molecule has 0 saturated heterocycles. The summed E-state index contributed by atoms with van der Waals surface area (Å²) in [4.78, 5) is 32.6. The molecule has 1 amide bonds. The molecule has 0 aliphatic heterocycles. The molecule has 6 heteroatoms. The van der Waals surface area contributed by atoms with Crippen LogP contribution in [0, 0.1) is 0 Å². The molecular weight excluding hydrogens is 318 g/mol. The summed E-state index contributed by atoms with van der Waals surface area (Å²) < 4.78 is 5.24. The lowest BCUT2D eigenvalue weighted by molar-refractivity contribution is -0.129. The Bertz CT molecular complexity index is 897. The quantitative estimate of drug-likeness (QED) is 0.725. The number of esters is 1. The van der Waals surface area contributed by atoms with Gasteiger partial charge in [-0.2, -0.15) is 0 Å². The molecule has 1 aromatic heterocycles. The number of hydrogen-bond donors (Lipinski definition) is 1. The first-order valence-electron chi connectivity index (χ1n) is 7.87. The van der Waals surface area contributed by atoms with Crippen molar-refractivity contribution in [2.45, 2.75) is 19.6 Å².